The Kier molecular flexibility index (Phi) is 7.31. The summed E-state index contributed by atoms with van der Waals surface area (Å²) in [6.07, 6.45) is 3.09. The molecule has 1 rings (SSSR count). The monoisotopic (exact) mass is 367 g/mol. The third-order valence-corrected chi connectivity index (χ3v) is 2.94. The summed E-state index contributed by atoms with van der Waals surface area (Å²) in [6.45, 7) is 7.52. The van der Waals surface area contributed by atoms with Gasteiger partial charge in [-0.2, -0.15) is 5.10 Å². The van der Waals surface area contributed by atoms with E-state index >= 15 is 0 Å². The van der Waals surface area contributed by atoms with Crippen LogP contribution in [0.25, 0.3) is 0 Å². The molecule has 2 amide bonds. The van der Waals surface area contributed by atoms with E-state index < -0.39 is 11.8 Å². The zero-order valence-electron chi connectivity index (χ0n) is 12.4. The van der Waals surface area contributed by atoms with E-state index in [0.29, 0.717) is 12.4 Å². The van der Waals surface area contributed by atoms with Gasteiger partial charge in [0.05, 0.1) is 10.7 Å². The molecule has 0 saturated heterocycles. The molecule has 0 aliphatic heterocycles. The Morgan fingerprint density at radius 2 is 2.14 bits per heavy atom. The molecule has 1 aromatic rings. The van der Waals surface area contributed by atoms with E-state index in [1.807, 2.05) is 0 Å². The molecule has 0 radical (unpaired) electrons. The van der Waals surface area contributed by atoms with Crippen molar-refractivity contribution in [3.05, 3.63) is 40.9 Å². The standard InChI is InChI=1S/C15H18BrN3O3/c1-4-7-22-13-6-5-11(8-12(13)16)9-17-19-15(21)14(20)18-10(2)3/h4-6,8-10H,1,7H2,2-3H3,(H,18,20)(H,19,21)/b17-9-. The van der Waals surface area contributed by atoms with Crippen molar-refractivity contribution in [2.24, 2.45) is 5.10 Å². The molecule has 0 heterocycles. The number of hydrazone groups is 1. The van der Waals surface area contributed by atoms with E-state index in [9.17, 15) is 9.59 Å². The first-order chi connectivity index (χ1) is 10.4. The third-order valence-electron chi connectivity index (χ3n) is 2.32. The second-order valence-electron chi connectivity index (χ2n) is 4.62. The molecule has 0 unspecified atom stereocenters. The van der Waals surface area contributed by atoms with Gasteiger partial charge in [0.2, 0.25) is 0 Å². The summed E-state index contributed by atoms with van der Waals surface area (Å²) >= 11 is 3.38. The molecule has 2 N–H and O–H groups in total. The lowest BCUT2D eigenvalue weighted by Crippen LogP contribution is -2.41. The second kappa shape index (κ2) is 8.99. The lowest BCUT2D eigenvalue weighted by molar-refractivity contribution is -0.139. The SMILES string of the molecule is C=CCOc1ccc(/C=N\NC(=O)C(=O)NC(C)C)cc1Br. The Bertz CT molecular complexity index is 585. The second-order valence-corrected chi connectivity index (χ2v) is 5.47. The van der Waals surface area contributed by atoms with E-state index in [2.05, 4.69) is 38.4 Å². The summed E-state index contributed by atoms with van der Waals surface area (Å²) in [4.78, 5) is 22.8. The van der Waals surface area contributed by atoms with Crippen molar-refractivity contribution in [2.45, 2.75) is 19.9 Å². The van der Waals surface area contributed by atoms with E-state index in [0.717, 1.165) is 10.0 Å². The number of ether oxygens (including phenoxy) is 1. The number of amides is 2. The minimum atomic E-state index is -0.810. The fourth-order valence-corrected chi connectivity index (χ4v) is 1.92. The van der Waals surface area contributed by atoms with Crippen molar-refractivity contribution >= 4 is 34.0 Å². The van der Waals surface area contributed by atoms with E-state index in [-0.39, 0.29) is 6.04 Å². The lowest BCUT2D eigenvalue weighted by Gasteiger charge is -2.07. The predicted molar refractivity (Wildman–Crippen MR) is 88.8 cm³/mol. The maximum absolute atomic E-state index is 11.4. The van der Waals surface area contributed by atoms with Gasteiger partial charge < -0.3 is 10.1 Å². The van der Waals surface area contributed by atoms with Crippen molar-refractivity contribution in [2.75, 3.05) is 6.61 Å². The summed E-state index contributed by atoms with van der Waals surface area (Å²) in [5.41, 5.74) is 2.90. The van der Waals surface area contributed by atoms with Crippen molar-refractivity contribution in [1.82, 2.24) is 10.7 Å². The number of rotatable bonds is 6. The number of hydrogen-bond donors (Lipinski definition) is 2. The molecular weight excluding hydrogens is 350 g/mol. The first-order valence-electron chi connectivity index (χ1n) is 6.61. The van der Waals surface area contributed by atoms with E-state index in [4.69, 9.17) is 4.74 Å². The molecule has 22 heavy (non-hydrogen) atoms. The Labute approximate surface area is 137 Å². The Morgan fingerprint density at radius 1 is 1.41 bits per heavy atom. The van der Waals surface area contributed by atoms with Crippen LogP contribution < -0.4 is 15.5 Å². The summed E-state index contributed by atoms with van der Waals surface area (Å²) < 4.78 is 6.17. The van der Waals surface area contributed by atoms with Crippen LogP contribution in [0.1, 0.15) is 19.4 Å². The number of hydrogen-bond acceptors (Lipinski definition) is 4. The van der Waals surface area contributed by atoms with Crippen LogP contribution in [0, 0.1) is 0 Å². The van der Waals surface area contributed by atoms with Gasteiger partial charge in [0, 0.05) is 6.04 Å². The van der Waals surface area contributed by atoms with E-state index in [1.54, 1.807) is 38.1 Å². The predicted octanol–water partition coefficient (Wildman–Crippen LogP) is 1.99. The van der Waals surface area contributed by atoms with Gasteiger partial charge in [-0.3, -0.25) is 9.59 Å². The molecular formula is C15H18BrN3O3. The largest absolute Gasteiger partial charge is 0.488 e. The fraction of sp³-hybridized carbons (Fsp3) is 0.267. The molecule has 0 saturated carbocycles. The maximum Gasteiger partial charge on any atom is 0.329 e. The highest BCUT2D eigenvalue weighted by atomic mass is 79.9. The molecule has 118 valence electrons. The van der Waals surface area contributed by atoms with Crippen LogP contribution in [0.4, 0.5) is 0 Å². The lowest BCUT2D eigenvalue weighted by atomic mass is 10.2. The van der Waals surface area contributed by atoms with Crippen molar-refractivity contribution in [3.63, 3.8) is 0 Å². The summed E-state index contributed by atoms with van der Waals surface area (Å²) in [6, 6.07) is 5.21. The topological polar surface area (TPSA) is 79.8 Å². The molecule has 0 spiro atoms. The quantitative estimate of drug-likeness (QED) is 0.349. The van der Waals surface area contributed by atoms with E-state index in [1.165, 1.54) is 6.21 Å². The minimum absolute atomic E-state index is 0.110. The minimum Gasteiger partial charge on any atom is -0.488 e. The highest BCUT2D eigenvalue weighted by molar-refractivity contribution is 9.10. The molecule has 0 fully saturated rings. The normalized spacial score (nSPS) is 10.5. The van der Waals surface area contributed by atoms with Crippen LogP contribution in [0.15, 0.2) is 40.4 Å². The molecule has 6 nitrogen and oxygen atoms in total. The van der Waals surface area contributed by atoms with Gasteiger partial charge >= 0.3 is 11.8 Å². The molecule has 0 atom stereocenters. The number of halogens is 1. The van der Waals surface area contributed by atoms with Gasteiger partial charge in [0.15, 0.2) is 0 Å². The molecule has 0 aromatic heterocycles. The average molecular weight is 368 g/mol. The molecule has 0 aliphatic rings. The van der Waals surface area contributed by atoms with Gasteiger partial charge in [0.25, 0.3) is 0 Å². The van der Waals surface area contributed by atoms with Crippen LogP contribution in [0.2, 0.25) is 0 Å². The zero-order valence-corrected chi connectivity index (χ0v) is 14.0. The highest BCUT2D eigenvalue weighted by Gasteiger charge is 2.12. The van der Waals surface area contributed by atoms with Crippen LogP contribution >= 0.6 is 15.9 Å². The zero-order chi connectivity index (χ0) is 16.5. The van der Waals surface area contributed by atoms with Crippen molar-refractivity contribution in [3.8, 4) is 5.75 Å². The van der Waals surface area contributed by atoms with Crippen LogP contribution in [0.5, 0.6) is 5.75 Å². The van der Waals surface area contributed by atoms with Crippen molar-refractivity contribution in [1.29, 1.82) is 0 Å². The average Bonchev–Trinajstić information content (AvgIpc) is 2.45. The molecule has 7 heteroatoms. The molecule has 0 aliphatic carbocycles. The number of benzene rings is 1. The number of carbonyl (C=O) groups is 2. The van der Waals surface area contributed by atoms with Gasteiger partial charge in [-0.1, -0.05) is 12.7 Å². The maximum atomic E-state index is 11.4. The van der Waals surface area contributed by atoms with Gasteiger partial charge in [-0.05, 0) is 53.5 Å². The van der Waals surface area contributed by atoms with Crippen LogP contribution in [-0.2, 0) is 9.59 Å². The smallest absolute Gasteiger partial charge is 0.329 e. The highest BCUT2D eigenvalue weighted by Crippen LogP contribution is 2.25. The van der Waals surface area contributed by atoms with Crippen LogP contribution in [-0.4, -0.2) is 30.7 Å². The summed E-state index contributed by atoms with van der Waals surface area (Å²) in [5, 5.41) is 6.21. The number of carbonyl (C=O) groups excluding carboxylic acids is 2. The Morgan fingerprint density at radius 3 is 2.73 bits per heavy atom. The fourth-order valence-electron chi connectivity index (χ4n) is 1.41. The Balaban J connectivity index is 2.59. The third kappa shape index (κ3) is 6.09. The summed E-state index contributed by atoms with van der Waals surface area (Å²) in [5.74, 6) is -0.853. The molecule has 1 aromatic carbocycles. The van der Waals surface area contributed by atoms with Gasteiger partial charge in [-0.15, -0.1) is 0 Å². The first kappa shape index (κ1) is 17.9. The van der Waals surface area contributed by atoms with Crippen molar-refractivity contribution < 1.29 is 14.3 Å². The molecule has 0 bridgehead atoms. The van der Waals surface area contributed by atoms with Gasteiger partial charge in [0.1, 0.15) is 12.4 Å². The Hall–Kier alpha value is -2.15. The first-order valence-corrected chi connectivity index (χ1v) is 7.40. The van der Waals surface area contributed by atoms with Crippen LogP contribution in [0.3, 0.4) is 0 Å². The number of nitrogens with one attached hydrogen (secondary N) is 2. The number of nitrogens with zero attached hydrogens (tertiary/aromatic N) is 1. The summed E-state index contributed by atoms with van der Waals surface area (Å²) in [7, 11) is 0. The van der Waals surface area contributed by atoms with Gasteiger partial charge in [-0.25, -0.2) is 5.43 Å².